The lowest BCUT2D eigenvalue weighted by Crippen LogP contribution is -2.40. The molecule has 0 unspecified atom stereocenters. The lowest BCUT2D eigenvalue weighted by Gasteiger charge is -2.33. The van der Waals surface area contributed by atoms with Gasteiger partial charge in [-0.25, -0.2) is 13.8 Å². The molecule has 2 aliphatic rings. The van der Waals surface area contributed by atoms with Crippen molar-refractivity contribution in [2.24, 2.45) is 0 Å². The number of nitrogens with one attached hydrogen (secondary N) is 1. The second-order valence-corrected chi connectivity index (χ2v) is 8.45. The Morgan fingerprint density at radius 2 is 1.97 bits per heavy atom. The molecule has 1 saturated heterocycles. The van der Waals surface area contributed by atoms with Gasteiger partial charge in [-0.2, -0.15) is 0 Å². The van der Waals surface area contributed by atoms with Crippen molar-refractivity contribution in [1.29, 1.82) is 0 Å². The second-order valence-electron chi connectivity index (χ2n) is 8.45. The number of halogens is 2. The molecule has 0 spiro atoms. The molecule has 0 amide bonds. The van der Waals surface area contributed by atoms with E-state index in [0.717, 1.165) is 68.6 Å². The predicted octanol–water partition coefficient (Wildman–Crippen LogP) is 3.19. The molecule has 3 heterocycles. The number of benzene rings is 1. The summed E-state index contributed by atoms with van der Waals surface area (Å²) in [5.74, 6) is -0.597. The Morgan fingerprint density at radius 3 is 2.69 bits per heavy atom. The molecule has 156 valence electrons. The first-order valence-corrected chi connectivity index (χ1v) is 10.4. The van der Waals surface area contributed by atoms with Crippen LogP contribution in [0.5, 0.6) is 0 Å². The Bertz CT molecular complexity index is 935. The summed E-state index contributed by atoms with van der Waals surface area (Å²) in [7, 11) is 0. The fourth-order valence-electron chi connectivity index (χ4n) is 4.39. The summed E-state index contributed by atoms with van der Waals surface area (Å²) in [5, 5.41) is 0. The number of hydrogen-bond donors (Lipinski definition) is 1. The van der Waals surface area contributed by atoms with E-state index in [-0.39, 0.29) is 11.5 Å². The molecule has 0 radical (unpaired) electrons. The normalized spacial score (nSPS) is 18.9. The maximum atomic E-state index is 13.9. The molecular weight excluding hydrogens is 374 g/mol. The highest BCUT2D eigenvalue weighted by Crippen LogP contribution is 2.27. The minimum atomic E-state index is -0.802. The Balaban J connectivity index is 1.44. The smallest absolute Gasteiger partial charge is 0.254 e. The molecule has 0 saturated carbocycles. The van der Waals surface area contributed by atoms with E-state index in [2.05, 4.69) is 28.6 Å². The number of rotatable bonds is 4. The van der Waals surface area contributed by atoms with Crippen molar-refractivity contribution in [2.45, 2.75) is 58.2 Å². The van der Waals surface area contributed by atoms with Crippen molar-refractivity contribution in [1.82, 2.24) is 19.8 Å². The van der Waals surface area contributed by atoms with Gasteiger partial charge in [0.25, 0.3) is 5.56 Å². The van der Waals surface area contributed by atoms with E-state index in [1.807, 2.05) is 0 Å². The number of nitrogens with zero attached hydrogens (tertiary/aromatic N) is 3. The van der Waals surface area contributed by atoms with Gasteiger partial charge in [0.2, 0.25) is 0 Å². The van der Waals surface area contributed by atoms with E-state index in [0.29, 0.717) is 18.2 Å². The van der Waals surface area contributed by atoms with Crippen molar-refractivity contribution >= 4 is 0 Å². The molecular formula is C22H28F2N4O. The van der Waals surface area contributed by atoms with Crippen LogP contribution in [0, 0.1) is 11.6 Å². The third kappa shape index (κ3) is 4.26. The molecule has 7 heteroatoms. The van der Waals surface area contributed by atoms with Crippen LogP contribution in [0.2, 0.25) is 0 Å². The summed E-state index contributed by atoms with van der Waals surface area (Å²) >= 11 is 0. The van der Waals surface area contributed by atoms with Gasteiger partial charge in [0.05, 0.1) is 5.69 Å². The first-order chi connectivity index (χ1) is 13.9. The van der Waals surface area contributed by atoms with Gasteiger partial charge >= 0.3 is 0 Å². The maximum Gasteiger partial charge on any atom is 0.254 e. The number of aromatic nitrogens is 2. The monoisotopic (exact) mass is 402 g/mol. The van der Waals surface area contributed by atoms with Crippen molar-refractivity contribution < 1.29 is 8.78 Å². The standard InChI is InChI=1S/C22H28F2N4O/c1-14(2)28-11-8-17-19(13-28)25-21(26-22(17)29)15-6-9-27(10-7-15)12-16-4-3-5-18(23)20(16)24/h3-5,14-15H,6-13H2,1-2H3,(H,25,26,29). The van der Waals surface area contributed by atoms with E-state index >= 15 is 0 Å². The fraction of sp³-hybridized carbons (Fsp3) is 0.545. The summed E-state index contributed by atoms with van der Waals surface area (Å²) in [4.78, 5) is 24.9. The van der Waals surface area contributed by atoms with Gasteiger partial charge in [-0.05, 0) is 52.3 Å². The minimum Gasteiger partial charge on any atom is -0.310 e. The van der Waals surface area contributed by atoms with E-state index in [1.54, 1.807) is 12.1 Å². The van der Waals surface area contributed by atoms with Crippen LogP contribution in [0.4, 0.5) is 8.78 Å². The van der Waals surface area contributed by atoms with E-state index in [1.165, 1.54) is 0 Å². The van der Waals surface area contributed by atoms with E-state index < -0.39 is 11.6 Å². The topological polar surface area (TPSA) is 52.2 Å². The van der Waals surface area contributed by atoms with Gasteiger partial charge in [0, 0.05) is 42.7 Å². The molecule has 1 aromatic heterocycles. The van der Waals surface area contributed by atoms with Crippen LogP contribution in [-0.4, -0.2) is 45.4 Å². The van der Waals surface area contributed by atoms with Crippen LogP contribution < -0.4 is 5.56 Å². The molecule has 0 bridgehead atoms. The quantitative estimate of drug-likeness (QED) is 0.853. The molecule has 0 atom stereocenters. The van der Waals surface area contributed by atoms with Crippen LogP contribution in [-0.2, 0) is 19.5 Å². The fourth-order valence-corrected chi connectivity index (χ4v) is 4.39. The Kier molecular flexibility index (Phi) is 5.79. The summed E-state index contributed by atoms with van der Waals surface area (Å²) in [6.45, 7) is 7.87. The summed E-state index contributed by atoms with van der Waals surface area (Å²) < 4.78 is 27.4. The van der Waals surface area contributed by atoms with Gasteiger partial charge in [-0.3, -0.25) is 14.6 Å². The number of piperidine rings is 1. The third-order valence-electron chi connectivity index (χ3n) is 6.25. The van der Waals surface area contributed by atoms with E-state index in [9.17, 15) is 13.6 Å². The van der Waals surface area contributed by atoms with Crippen molar-refractivity contribution in [3.05, 3.63) is 62.8 Å². The molecule has 1 N–H and O–H groups in total. The zero-order chi connectivity index (χ0) is 20.5. The Labute approximate surface area is 169 Å². The van der Waals surface area contributed by atoms with Crippen LogP contribution in [0.25, 0.3) is 0 Å². The third-order valence-corrected chi connectivity index (χ3v) is 6.25. The lowest BCUT2D eigenvalue weighted by atomic mass is 9.94. The second kappa shape index (κ2) is 8.32. The van der Waals surface area contributed by atoms with Crippen LogP contribution in [0.1, 0.15) is 55.3 Å². The average Bonchev–Trinajstić information content (AvgIpc) is 2.71. The SMILES string of the molecule is CC(C)N1CCc2c(nc(C3CCN(Cc4cccc(F)c4F)CC3)[nH]c2=O)C1. The Morgan fingerprint density at radius 1 is 1.21 bits per heavy atom. The summed E-state index contributed by atoms with van der Waals surface area (Å²) in [5.41, 5.74) is 2.12. The highest BCUT2D eigenvalue weighted by molar-refractivity contribution is 5.22. The summed E-state index contributed by atoms with van der Waals surface area (Å²) in [6.07, 6.45) is 2.42. The molecule has 0 aliphatic carbocycles. The lowest BCUT2D eigenvalue weighted by molar-refractivity contribution is 0.192. The molecule has 2 aliphatic heterocycles. The highest BCUT2D eigenvalue weighted by Gasteiger charge is 2.27. The van der Waals surface area contributed by atoms with Crippen LogP contribution >= 0.6 is 0 Å². The highest BCUT2D eigenvalue weighted by atomic mass is 19.2. The maximum absolute atomic E-state index is 13.9. The minimum absolute atomic E-state index is 0.00216. The molecule has 29 heavy (non-hydrogen) atoms. The van der Waals surface area contributed by atoms with Gasteiger partial charge < -0.3 is 4.98 Å². The molecule has 2 aromatic rings. The molecule has 1 aromatic carbocycles. The van der Waals surface area contributed by atoms with Gasteiger partial charge in [0.15, 0.2) is 11.6 Å². The van der Waals surface area contributed by atoms with Gasteiger partial charge in [-0.1, -0.05) is 12.1 Å². The summed E-state index contributed by atoms with van der Waals surface area (Å²) in [6, 6.07) is 4.75. The number of aromatic amines is 1. The average molecular weight is 402 g/mol. The number of hydrogen-bond acceptors (Lipinski definition) is 4. The predicted molar refractivity (Wildman–Crippen MR) is 108 cm³/mol. The number of H-pyrrole nitrogens is 1. The molecule has 4 rings (SSSR count). The Hall–Kier alpha value is -2.12. The molecule has 1 fully saturated rings. The van der Waals surface area contributed by atoms with Crippen molar-refractivity contribution in [3.63, 3.8) is 0 Å². The first kappa shape index (κ1) is 20.2. The van der Waals surface area contributed by atoms with E-state index in [4.69, 9.17) is 4.98 Å². The zero-order valence-electron chi connectivity index (χ0n) is 17.0. The van der Waals surface area contributed by atoms with Crippen LogP contribution in [0.15, 0.2) is 23.0 Å². The first-order valence-electron chi connectivity index (χ1n) is 10.4. The number of likely N-dealkylation sites (tertiary alicyclic amines) is 1. The van der Waals surface area contributed by atoms with Crippen molar-refractivity contribution in [3.8, 4) is 0 Å². The molecule has 5 nitrogen and oxygen atoms in total. The largest absolute Gasteiger partial charge is 0.310 e. The van der Waals surface area contributed by atoms with Gasteiger partial charge in [-0.15, -0.1) is 0 Å². The number of fused-ring (bicyclic) bond motifs is 1. The zero-order valence-corrected chi connectivity index (χ0v) is 17.0. The van der Waals surface area contributed by atoms with Crippen molar-refractivity contribution in [2.75, 3.05) is 19.6 Å². The van der Waals surface area contributed by atoms with Gasteiger partial charge in [0.1, 0.15) is 5.82 Å². The van der Waals surface area contributed by atoms with Crippen LogP contribution in [0.3, 0.4) is 0 Å².